The first kappa shape index (κ1) is 17.7. The van der Waals surface area contributed by atoms with E-state index in [0.717, 1.165) is 26.4 Å². The standard InChI is InChI=1S/C15H12ClFN2O5/c1-22-14(20)9-6-24-7-19(13(9)15(21)23-2)12-4-11(17)10(16)3-8(12)5-18/h3-4H,6-7H2,1-2H3. The predicted octanol–water partition coefficient (Wildman–Crippen LogP) is 1.74. The van der Waals surface area contributed by atoms with Crippen molar-refractivity contribution < 1.29 is 28.2 Å². The molecule has 0 radical (unpaired) electrons. The summed E-state index contributed by atoms with van der Waals surface area (Å²) in [6, 6.07) is 3.96. The van der Waals surface area contributed by atoms with Crippen LogP contribution in [0.15, 0.2) is 23.4 Å². The van der Waals surface area contributed by atoms with Crippen LogP contribution in [0.25, 0.3) is 0 Å². The van der Waals surface area contributed by atoms with Crippen LogP contribution in [0.3, 0.4) is 0 Å². The van der Waals surface area contributed by atoms with Gasteiger partial charge in [0.1, 0.15) is 24.3 Å². The summed E-state index contributed by atoms with van der Waals surface area (Å²) >= 11 is 5.68. The molecular weight excluding hydrogens is 343 g/mol. The van der Waals surface area contributed by atoms with Crippen LogP contribution < -0.4 is 4.90 Å². The fourth-order valence-electron chi connectivity index (χ4n) is 2.18. The van der Waals surface area contributed by atoms with Gasteiger partial charge in [-0.05, 0) is 6.07 Å². The first-order valence-electron chi connectivity index (χ1n) is 6.58. The zero-order valence-corrected chi connectivity index (χ0v) is 13.5. The van der Waals surface area contributed by atoms with Gasteiger partial charge in [0.25, 0.3) is 0 Å². The number of carbonyl (C=O) groups is 2. The molecule has 1 heterocycles. The summed E-state index contributed by atoms with van der Waals surface area (Å²) < 4.78 is 28.4. The lowest BCUT2D eigenvalue weighted by Crippen LogP contribution is -2.39. The lowest BCUT2D eigenvalue weighted by atomic mass is 10.1. The summed E-state index contributed by atoms with van der Waals surface area (Å²) in [5.41, 5.74) is -0.276. The van der Waals surface area contributed by atoms with Gasteiger partial charge in [-0.3, -0.25) is 0 Å². The van der Waals surface area contributed by atoms with E-state index in [0.29, 0.717) is 0 Å². The number of methoxy groups -OCH3 is 2. The number of rotatable bonds is 3. The summed E-state index contributed by atoms with van der Waals surface area (Å²) in [5.74, 6) is -2.44. The van der Waals surface area contributed by atoms with E-state index >= 15 is 0 Å². The number of hydrogen-bond donors (Lipinski definition) is 0. The van der Waals surface area contributed by atoms with Gasteiger partial charge in [-0.25, -0.2) is 14.0 Å². The highest BCUT2D eigenvalue weighted by Crippen LogP contribution is 2.32. The Balaban J connectivity index is 2.68. The number of benzene rings is 1. The van der Waals surface area contributed by atoms with Gasteiger partial charge >= 0.3 is 11.9 Å². The summed E-state index contributed by atoms with van der Waals surface area (Å²) in [7, 11) is 2.28. The van der Waals surface area contributed by atoms with Gasteiger partial charge in [0.05, 0.1) is 42.7 Å². The van der Waals surface area contributed by atoms with E-state index < -0.39 is 17.8 Å². The second-order valence-corrected chi connectivity index (χ2v) is 5.02. The van der Waals surface area contributed by atoms with Crippen molar-refractivity contribution in [1.82, 2.24) is 0 Å². The largest absolute Gasteiger partial charge is 0.466 e. The van der Waals surface area contributed by atoms with Gasteiger partial charge in [-0.2, -0.15) is 5.26 Å². The number of nitrogens with zero attached hydrogens (tertiary/aromatic N) is 2. The minimum Gasteiger partial charge on any atom is -0.466 e. The molecule has 0 aliphatic carbocycles. The Kier molecular flexibility index (Phi) is 5.39. The van der Waals surface area contributed by atoms with Crippen molar-refractivity contribution in [2.45, 2.75) is 0 Å². The van der Waals surface area contributed by atoms with Crippen LogP contribution in [0.4, 0.5) is 10.1 Å². The highest BCUT2D eigenvalue weighted by atomic mass is 35.5. The molecule has 0 saturated heterocycles. The minimum absolute atomic E-state index is 0.00230. The molecule has 1 aliphatic heterocycles. The van der Waals surface area contributed by atoms with E-state index in [1.54, 1.807) is 0 Å². The van der Waals surface area contributed by atoms with E-state index in [-0.39, 0.29) is 40.9 Å². The lowest BCUT2D eigenvalue weighted by Gasteiger charge is -2.31. The Labute approximate surface area is 141 Å². The van der Waals surface area contributed by atoms with Gasteiger partial charge < -0.3 is 19.1 Å². The SMILES string of the molecule is COC(=O)C1=C(C(=O)OC)N(c2cc(F)c(Cl)cc2C#N)COC1. The number of nitriles is 1. The summed E-state index contributed by atoms with van der Waals surface area (Å²) in [6.07, 6.45) is 0. The second-order valence-electron chi connectivity index (χ2n) is 4.61. The van der Waals surface area contributed by atoms with E-state index in [1.807, 2.05) is 6.07 Å². The number of hydrogen-bond acceptors (Lipinski definition) is 7. The van der Waals surface area contributed by atoms with Gasteiger partial charge in [0, 0.05) is 6.07 Å². The molecule has 1 aliphatic rings. The van der Waals surface area contributed by atoms with Gasteiger partial charge in [0.15, 0.2) is 0 Å². The normalized spacial score (nSPS) is 14.2. The minimum atomic E-state index is -0.849. The third-order valence-corrected chi connectivity index (χ3v) is 3.57. The first-order chi connectivity index (χ1) is 11.4. The molecule has 1 aromatic carbocycles. The van der Waals surface area contributed by atoms with Crippen LogP contribution in [-0.2, 0) is 23.8 Å². The van der Waals surface area contributed by atoms with Crippen molar-refractivity contribution in [3.05, 3.63) is 39.8 Å². The molecule has 0 spiro atoms. The van der Waals surface area contributed by atoms with Crippen molar-refractivity contribution in [3.8, 4) is 6.07 Å². The summed E-state index contributed by atoms with van der Waals surface area (Å²) in [4.78, 5) is 25.2. The number of carbonyl (C=O) groups excluding carboxylic acids is 2. The zero-order valence-electron chi connectivity index (χ0n) is 12.8. The van der Waals surface area contributed by atoms with E-state index in [1.165, 1.54) is 4.90 Å². The first-order valence-corrected chi connectivity index (χ1v) is 6.96. The second kappa shape index (κ2) is 7.29. The Morgan fingerprint density at radius 1 is 1.33 bits per heavy atom. The Bertz CT molecular complexity index is 772. The number of anilines is 1. The van der Waals surface area contributed by atoms with Gasteiger partial charge in [-0.15, -0.1) is 0 Å². The van der Waals surface area contributed by atoms with Gasteiger partial charge in [-0.1, -0.05) is 11.6 Å². The summed E-state index contributed by atoms with van der Waals surface area (Å²) in [6.45, 7) is -0.383. The predicted molar refractivity (Wildman–Crippen MR) is 80.5 cm³/mol. The fourth-order valence-corrected chi connectivity index (χ4v) is 2.35. The Morgan fingerprint density at radius 2 is 2.00 bits per heavy atom. The number of ether oxygens (including phenoxy) is 3. The van der Waals surface area contributed by atoms with Crippen molar-refractivity contribution >= 4 is 29.2 Å². The molecule has 0 fully saturated rings. The van der Waals surface area contributed by atoms with Crippen LogP contribution in [0, 0.1) is 17.1 Å². The highest BCUT2D eigenvalue weighted by Gasteiger charge is 2.33. The molecule has 9 heteroatoms. The highest BCUT2D eigenvalue weighted by molar-refractivity contribution is 6.31. The molecule has 1 aromatic rings. The molecule has 2 rings (SSSR count). The average molecular weight is 355 g/mol. The maximum atomic E-state index is 13.8. The molecule has 0 N–H and O–H groups in total. The van der Waals surface area contributed by atoms with Crippen LogP contribution >= 0.6 is 11.6 Å². The maximum Gasteiger partial charge on any atom is 0.355 e. The molecule has 0 unspecified atom stereocenters. The number of halogens is 2. The van der Waals surface area contributed by atoms with Crippen LogP contribution in [-0.4, -0.2) is 39.5 Å². The topological polar surface area (TPSA) is 88.9 Å². The van der Waals surface area contributed by atoms with E-state index in [2.05, 4.69) is 9.47 Å². The number of esters is 2. The third kappa shape index (κ3) is 3.18. The zero-order chi connectivity index (χ0) is 17.9. The van der Waals surface area contributed by atoms with Crippen LogP contribution in [0.2, 0.25) is 5.02 Å². The molecule has 0 aromatic heterocycles. The smallest absolute Gasteiger partial charge is 0.355 e. The molecular formula is C15H12ClFN2O5. The fraction of sp³-hybridized carbons (Fsp3) is 0.267. The van der Waals surface area contributed by atoms with Crippen LogP contribution in [0.1, 0.15) is 5.56 Å². The Morgan fingerprint density at radius 3 is 2.58 bits per heavy atom. The average Bonchev–Trinajstić information content (AvgIpc) is 2.61. The lowest BCUT2D eigenvalue weighted by molar-refractivity contribution is -0.140. The maximum absolute atomic E-state index is 13.8. The molecule has 0 amide bonds. The molecule has 0 atom stereocenters. The molecule has 0 saturated carbocycles. The van der Waals surface area contributed by atoms with E-state index in [4.69, 9.17) is 16.3 Å². The molecule has 24 heavy (non-hydrogen) atoms. The summed E-state index contributed by atoms with van der Waals surface area (Å²) in [5, 5.41) is 9.00. The van der Waals surface area contributed by atoms with Crippen molar-refractivity contribution in [1.29, 1.82) is 5.26 Å². The van der Waals surface area contributed by atoms with Crippen molar-refractivity contribution in [2.24, 2.45) is 0 Å². The van der Waals surface area contributed by atoms with Crippen molar-refractivity contribution in [3.63, 3.8) is 0 Å². The van der Waals surface area contributed by atoms with Gasteiger partial charge in [0.2, 0.25) is 0 Å². The Hall–Kier alpha value is -2.63. The quantitative estimate of drug-likeness (QED) is 0.764. The van der Waals surface area contributed by atoms with Crippen LogP contribution in [0.5, 0.6) is 0 Å². The molecule has 0 bridgehead atoms. The molecule has 7 nitrogen and oxygen atoms in total. The third-order valence-electron chi connectivity index (χ3n) is 3.28. The monoisotopic (exact) mass is 354 g/mol. The molecule has 126 valence electrons. The van der Waals surface area contributed by atoms with Crippen molar-refractivity contribution in [2.75, 3.05) is 32.5 Å². The van der Waals surface area contributed by atoms with E-state index in [9.17, 15) is 19.2 Å².